The maximum Gasteiger partial charge on any atom is 0.169 e. The lowest BCUT2D eigenvalue weighted by atomic mass is 10.2. The van der Waals surface area contributed by atoms with Gasteiger partial charge in [-0.15, -0.1) is 11.3 Å². The lowest BCUT2D eigenvalue weighted by molar-refractivity contribution is 0.102. The third-order valence-corrected chi connectivity index (χ3v) is 4.32. The fraction of sp³-hybridized carbons (Fsp3) is 0.375. The van der Waals surface area contributed by atoms with Gasteiger partial charge >= 0.3 is 0 Å². The highest BCUT2D eigenvalue weighted by Crippen LogP contribution is 2.28. The van der Waals surface area contributed by atoms with Crippen molar-refractivity contribution in [2.45, 2.75) is 13.3 Å². The van der Waals surface area contributed by atoms with Crippen LogP contribution in [0.15, 0.2) is 30.5 Å². The summed E-state index contributed by atoms with van der Waals surface area (Å²) in [7, 11) is 4.15. The molecule has 0 atom stereocenters. The van der Waals surface area contributed by atoms with Crippen molar-refractivity contribution in [3.63, 3.8) is 0 Å². The van der Waals surface area contributed by atoms with Gasteiger partial charge in [0.15, 0.2) is 5.78 Å². The molecule has 0 aliphatic heterocycles. The summed E-state index contributed by atoms with van der Waals surface area (Å²) in [6, 6.07) is 7.87. The fourth-order valence-electron chi connectivity index (χ4n) is 1.94. The highest BCUT2D eigenvalue weighted by atomic mass is 32.1. The second-order valence-corrected chi connectivity index (χ2v) is 6.32. The van der Waals surface area contributed by atoms with Crippen molar-refractivity contribution in [1.29, 1.82) is 0 Å². The van der Waals surface area contributed by atoms with Crippen LogP contribution in [0.3, 0.4) is 0 Å². The van der Waals surface area contributed by atoms with E-state index in [1.165, 1.54) is 11.3 Å². The molecule has 2 aromatic heterocycles. The summed E-state index contributed by atoms with van der Waals surface area (Å²) < 4.78 is 0. The molecule has 0 bridgehead atoms. The third kappa shape index (κ3) is 4.65. The number of hydrogen-bond donors (Lipinski definition) is 1. The second-order valence-electron chi connectivity index (χ2n) is 5.24. The van der Waals surface area contributed by atoms with Crippen LogP contribution in [0.5, 0.6) is 0 Å². The van der Waals surface area contributed by atoms with Gasteiger partial charge in [-0.1, -0.05) is 0 Å². The molecular formula is C16H21N3OS. The van der Waals surface area contributed by atoms with Crippen molar-refractivity contribution in [3.05, 3.63) is 35.3 Å². The Hall–Kier alpha value is -1.72. The van der Waals surface area contributed by atoms with E-state index in [9.17, 15) is 4.79 Å². The quantitative estimate of drug-likeness (QED) is 0.629. The molecule has 5 heteroatoms. The van der Waals surface area contributed by atoms with Crippen LogP contribution < -0.4 is 5.32 Å². The first-order valence-electron chi connectivity index (χ1n) is 7.02. The van der Waals surface area contributed by atoms with E-state index in [0.29, 0.717) is 0 Å². The number of Topliss-reactive ketones (excluding diaryl/α,β-unsaturated/α-hetero) is 1. The molecular weight excluding hydrogens is 282 g/mol. The molecule has 2 aromatic rings. The first-order valence-corrected chi connectivity index (χ1v) is 7.83. The summed E-state index contributed by atoms with van der Waals surface area (Å²) >= 11 is 1.51. The van der Waals surface area contributed by atoms with Crippen LogP contribution >= 0.6 is 11.3 Å². The first kappa shape index (κ1) is 15.7. The summed E-state index contributed by atoms with van der Waals surface area (Å²) in [5.74, 6) is 0.999. The number of carbonyl (C=O) groups excluding carboxylic acids is 1. The van der Waals surface area contributed by atoms with Crippen LogP contribution in [0, 0.1) is 0 Å². The first-order chi connectivity index (χ1) is 10.1. The van der Waals surface area contributed by atoms with Gasteiger partial charge < -0.3 is 10.2 Å². The number of aromatic nitrogens is 1. The van der Waals surface area contributed by atoms with E-state index in [1.807, 2.05) is 30.5 Å². The van der Waals surface area contributed by atoms with Gasteiger partial charge in [-0.2, -0.15) is 0 Å². The maximum absolute atomic E-state index is 11.3. The second kappa shape index (κ2) is 7.33. The third-order valence-electron chi connectivity index (χ3n) is 3.09. The van der Waals surface area contributed by atoms with Crippen LogP contribution in [0.2, 0.25) is 0 Å². The van der Waals surface area contributed by atoms with Crippen molar-refractivity contribution in [3.8, 4) is 10.4 Å². The Bertz CT molecular complexity index is 590. The zero-order valence-corrected chi connectivity index (χ0v) is 13.5. The van der Waals surface area contributed by atoms with Crippen molar-refractivity contribution in [2.75, 3.05) is 32.5 Å². The monoisotopic (exact) mass is 303 g/mol. The fourth-order valence-corrected chi connectivity index (χ4v) is 2.83. The van der Waals surface area contributed by atoms with E-state index >= 15 is 0 Å². The molecule has 0 aliphatic rings. The van der Waals surface area contributed by atoms with Gasteiger partial charge in [0.2, 0.25) is 0 Å². The van der Waals surface area contributed by atoms with E-state index < -0.39 is 0 Å². The summed E-state index contributed by atoms with van der Waals surface area (Å²) in [6.07, 6.45) is 2.94. The molecule has 0 aromatic carbocycles. The Balaban J connectivity index is 1.93. The number of pyridine rings is 1. The average molecular weight is 303 g/mol. The summed E-state index contributed by atoms with van der Waals surface area (Å²) in [5.41, 5.74) is 1.05. The normalized spacial score (nSPS) is 10.9. The lowest BCUT2D eigenvalue weighted by Gasteiger charge is -2.10. The van der Waals surface area contributed by atoms with Gasteiger partial charge in [-0.05, 0) is 58.3 Å². The number of anilines is 1. The Kier molecular flexibility index (Phi) is 5.47. The Labute approximate surface area is 129 Å². The number of thiophene rings is 1. The standard InChI is InChI=1S/C16H21N3OS/c1-12(20)14-6-7-15(21-14)13-5-8-16(18-11-13)17-9-4-10-19(2)3/h5-8,11H,4,9-10H2,1-3H3,(H,17,18). The molecule has 0 amide bonds. The summed E-state index contributed by atoms with van der Waals surface area (Å²) in [6.45, 7) is 3.57. The van der Waals surface area contributed by atoms with Crippen molar-refractivity contribution in [2.24, 2.45) is 0 Å². The number of nitrogens with zero attached hydrogens (tertiary/aromatic N) is 2. The van der Waals surface area contributed by atoms with Gasteiger partial charge in [-0.25, -0.2) is 4.98 Å². The predicted octanol–water partition coefficient (Wildman–Crippen LogP) is 3.38. The van der Waals surface area contributed by atoms with Crippen molar-refractivity contribution >= 4 is 22.9 Å². The van der Waals surface area contributed by atoms with Gasteiger partial charge in [0.25, 0.3) is 0 Å². The Morgan fingerprint density at radius 2 is 2.10 bits per heavy atom. The molecule has 21 heavy (non-hydrogen) atoms. The largest absolute Gasteiger partial charge is 0.370 e. The van der Waals surface area contributed by atoms with Crippen LogP contribution in [-0.2, 0) is 0 Å². The number of nitrogens with one attached hydrogen (secondary N) is 1. The molecule has 0 unspecified atom stereocenters. The van der Waals surface area contributed by atoms with Gasteiger partial charge in [0.05, 0.1) is 4.88 Å². The number of carbonyl (C=O) groups is 1. The topological polar surface area (TPSA) is 45.2 Å². The molecule has 4 nitrogen and oxygen atoms in total. The highest BCUT2D eigenvalue weighted by molar-refractivity contribution is 7.17. The van der Waals surface area contributed by atoms with Crippen LogP contribution in [0.4, 0.5) is 5.82 Å². The zero-order valence-electron chi connectivity index (χ0n) is 12.7. The number of hydrogen-bond acceptors (Lipinski definition) is 5. The Morgan fingerprint density at radius 3 is 2.67 bits per heavy atom. The smallest absolute Gasteiger partial charge is 0.169 e. The SMILES string of the molecule is CC(=O)c1ccc(-c2ccc(NCCCN(C)C)nc2)s1. The van der Waals surface area contributed by atoms with E-state index in [4.69, 9.17) is 0 Å². The van der Waals surface area contributed by atoms with Gasteiger partial charge in [0, 0.05) is 23.2 Å². The molecule has 0 saturated heterocycles. The molecule has 2 rings (SSSR count). The van der Waals surface area contributed by atoms with Crippen LogP contribution in [0.1, 0.15) is 23.0 Å². The molecule has 0 aliphatic carbocycles. The highest BCUT2D eigenvalue weighted by Gasteiger charge is 2.06. The molecule has 0 spiro atoms. The zero-order chi connectivity index (χ0) is 15.2. The molecule has 2 heterocycles. The molecule has 0 radical (unpaired) electrons. The number of rotatable bonds is 7. The minimum Gasteiger partial charge on any atom is -0.370 e. The molecule has 0 fully saturated rings. The average Bonchev–Trinajstić information content (AvgIpc) is 2.94. The van der Waals surface area contributed by atoms with Crippen LogP contribution in [-0.4, -0.2) is 42.9 Å². The van der Waals surface area contributed by atoms with Gasteiger partial charge in [0.1, 0.15) is 5.82 Å². The van der Waals surface area contributed by atoms with E-state index in [1.54, 1.807) is 6.92 Å². The maximum atomic E-state index is 11.3. The minimum absolute atomic E-state index is 0.110. The van der Waals surface area contributed by atoms with E-state index in [2.05, 4.69) is 29.3 Å². The van der Waals surface area contributed by atoms with Crippen molar-refractivity contribution < 1.29 is 4.79 Å². The Morgan fingerprint density at radius 1 is 1.29 bits per heavy atom. The molecule has 112 valence electrons. The van der Waals surface area contributed by atoms with E-state index in [-0.39, 0.29) is 5.78 Å². The lowest BCUT2D eigenvalue weighted by Crippen LogP contribution is -2.16. The van der Waals surface area contributed by atoms with E-state index in [0.717, 1.165) is 40.6 Å². The summed E-state index contributed by atoms with van der Waals surface area (Å²) in [5, 5.41) is 3.31. The number of ketones is 1. The minimum atomic E-state index is 0.110. The van der Waals surface area contributed by atoms with Gasteiger partial charge in [-0.3, -0.25) is 4.79 Å². The predicted molar refractivity (Wildman–Crippen MR) is 89.2 cm³/mol. The summed E-state index contributed by atoms with van der Waals surface area (Å²) in [4.78, 5) is 19.8. The molecule has 1 N–H and O–H groups in total. The van der Waals surface area contributed by atoms with Crippen molar-refractivity contribution in [1.82, 2.24) is 9.88 Å². The molecule has 0 saturated carbocycles. The van der Waals surface area contributed by atoms with Crippen LogP contribution in [0.25, 0.3) is 10.4 Å².